The highest BCUT2D eigenvalue weighted by molar-refractivity contribution is 5.17. The van der Waals surface area contributed by atoms with Crippen molar-refractivity contribution in [2.45, 2.75) is 32.9 Å². The Kier molecular flexibility index (Phi) is 4.60. The van der Waals surface area contributed by atoms with Crippen LogP contribution < -0.4 is 0 Å². The minimum Gasteiger partial charge on any atom is -0.389 e. The molecule has 1 N–H and O–H groups in total. The molecular weight excluding hydrogens is 224 g/mol. The lowest BCUT2D eigenvalue weighted by Gasteiger charge is -2.27. The molecule has 0 fully saturated rings. The summed E-state index contributed by atoms with van der Waals surface area (Å²) in [5.41, 5.74) is -0.240. The highest BCUT2D eigenvalue weighted by Crippen LogP contribution is 2.13. The van der Waals surface area contributed by atoms with Crippen molar-refractivity contribution in [2.75, 3.05) is 13.1 Å². The summed E-state index contributed by atoms with van der Waals surface area (Å²) < 4.78 is 26.0. The van der Waals surface area contributed by atoms with Crippen LogP contribution >= 0.6 is 0 Å². The van der Waals surface area contributed by atoms with Gasteiger partial charge in [0, 0.05) is 19.2 Å². The predicted octanol–water partition coefficient (Wildman–Crippen LogP) is 2.56. The molecule has 0 aliphatic carbocycles. The van der Waals surface area contributed by atoms with E-state index < -0.39 is 17.2 Å². The Morgan fingerprint density at radius 1 is 1.18 bits per heavy atom. The maximum absolute atomic E-state index is 13.0. The summed E-state index contributed by atoms with van der Waals surface area (Å²) in [4.78, 5) is 1.94. The topological polar surface area (TPSA) is 23.5 Å². The van der Waals surface area contributed by atoms with E-state index >= 15 is 0 Å². The van der Waals surface area contributed by atoms with Crippen molar-refractivity contribution in [3.05, 3.63) is 35.4 Å². The maximum atomic E-state index is 13.0. The second-order valence-electron chi connectivity index (χ2n) is 4.89. The lowest BCUT2D eigenvalue weighted by Crippen LogP contribution is -2.38. The van der Waals surface area contributed by atoms with Gasteiger partial charge in [-0.25, -0.2) is 8.78 Å². The van der Waals surface area contributed by atoms with Crippen LogP contribution in [-0.2, 0) is 6.54 Å². The first-order valence-electron chi connectivity index (χ1n) is 5.70. The molecule has 4 heteroatoms. The number of nitrogens with zero attached hydrogens (tertiary/aromatic N) is 1. The molecule has 0 heterocycles. The van der Waals surface area contributed by atoms with Crippen LogP contribution in [0.5, 0.6) is 0 Å². The lowest BCUT2D eigenvalue weighted by molar-refractivity contribution is 0.0353. The fourth-order valence-corrected chi connectivity index (χ4v) is 1.79. The third-order valence-corrected chi connectivity index (χ3v) is 2.39. The summed E-state index contributed by atoms with van der Waals surface area (Å²) in [5.74, 6) is -1.14. The third kappa shape index (κ3) is 5.24. The van der Waals surface area contributed by atoms with Crippen molar-refractivity contribution in [1.29, 1.82) is 0 Å². The van der Waals surface area contributed by atoms with E-state index in [1.54, 1.807) is 13.8 Å². The SMILES string of the molecule is CCN(Cc1cc(F)cc(F)c1)CC(C)(C)O. The van der Waals surface area contributed by atoms with E-state index in [1.807, 2.05) is 11.8 Å². The number of halogens is 2. The van der Waals surface area contributed by atoms with Gasteiger partial charge in [0.05, 0.1) is 5.60 Å². The molecule has 0 atom stereocenters. The van der Waals surface area contributed by atoms with Gasteiger partial charge in [-0.15, -0.1) is 0 Å². The normalized spacial score (nSPS) is 12.2. The Morgan fingerprint density at radius 2 is 1.71 bits per heavy atom. The molecule has 0 spiro atoms. The first kappa shape index (κ1) is 14.1. The standard InChI is InChI=1S/C13H19F2NO/c1-4-16(9-13(2,3)17)8-10-5-11(14)7-12(15)6-10/h5-7,17H,4,8-9H2,1-3H3. The van der Waals surface area contributed by atoms with Crippen molar-refractivity contribution in [1.82, 2.24) is 4.90 Å². The molecule has 96 valence electrons. The highest BCUT2D eigenvalue weighted by Gasteiger charge is 2.17. The molecule has 1 aromatic carbocycles. The fourth-order valence-electron chi connectivity index (χ4n) is 1.79. The molecule has 0 bridgehead atoms. The van der Waals surface area contributed by atoms with Crippen LogP contribution in [-0.4, -0.2) is 28.7 Å². The van der Waals surface area contributed by atoms with Crippen LogP contribution in [0.3, 0.4) is 0 Å². The molecule has 17 heavy (non-hydrogen) atoms. The zero-order valence-electron chi connectivity index (χ0n) is 10.5. The molecule has 0 unspecified atom stereocenters. The number of likely N-dealkylation sites (N-methyl/N-ethyl adjacent to an activating group) is 1. The Labute approximate surface area is 101 Å². The van der Waals surface area contributed by atoms with Crippen LogP contribution in [0.15, 0.2) is 18.2 Å². The predicted molar refractivity (Wildman–Crippen MR) is 63.6 cm³/mol. The van der Waals surface area contributed by atoms with E-state index in [2.05, 4.69) is 0 Å². The summed E-state index contributed by atoms with van der Waals surface area (Å²) in [7, 11) is 0. The van der Waals surface area contributed by atoms with Crippen LogP contribution in [0.1, 0.15) is 26.3 Å². The number of hydrogen-bond donors (Lipinski definition) is 1. The van der Waals surface area contributed by atoms with Gasteiger partial charge in [-0.3, -0.25) is 4.90 Å². The van der Waals surface area contributed by atoms with Gasteiger partial charge in [-0.2, -0.15) is 0 Å². The van der Waals surface area contributed by atoms with Crippen LogP contribution in [0.25, 0.3) is 0 Å². The van der Waals surface area contributed by atoms with E-state index in [0.717, 1.165) is 6.07 Å². The minimum absolute atomic E-state index is 0.426. The molecule has 0 amide bonds. The van der Waals surface area contributed by atoms with E-state index in [4.69, 9.17) is 0 Å². The second-order valence-corrected chi connectivity index (χ2v) is 4.89. The summed E-state index contributed by atoms with van der Waals surface area (Å²) in [6.45, 7) is 6.96. The van der Waals surface area contributed by atoms with E-state index in [-0.39, 0.29) is 0 Å². The van der Waals surface area contributed by atoms with Crippen molar-refractivity contribution in [3.8, 4) is 0 Å². The zero-order valence-corrected chi connectivity index (χ0v) is 10.5. The molecule has 0 aliphatic heterocycles. The molecule has 0 saturated heterocycles. The van der Waals surface area contributed by atoms with Gasteiger partial charge in [-0.1, -0.05) is 6.92 Å². The van der Waals surface area contributed by atoms with Crippen LogP contribution in [0.2, 0.25) is 0 Å². The highest BCUT2D eigenvalue weighted by atomic mass is 19.1. The molecule has 0 radical (unpaired) electrons. The minimum atomic E-state index is -0.818. The Bertz CT molecular complexity index is 354. The van der Waals surface area contributed by atoms with Gasteiger partial charge in [0.15, 0.2) is 0 Å². The number of rotatable bonds is 5. The second kappa shape index (κ2) is 5.56. The molecule has 0 saturated carbocycles. The monoisotopic (exact) mass is 243 g/mol. The molecule has 0 aromatic heterocycles. The first-order chi connectivity index (χ1) is 7.80. The smallest absolute Gasteiger partial charge is 0.126 e. The van der Waals surface area contributed by atoms with Crippen molar-refractivity contribution >= 4 is 0 Å². The van der Waals surface area contributed by atoms with Crippen LogP contribution in [0, 0.1) is 11.6 Å². The first-order valence-corrected chi connectivity index (χ1v) is 5.70. The van der Waals surface area contributed by atoms with Crippen molar-refractivity contribution < 1.29 is 13.9 Å². The maximum Gasteiger partial charge on any atom is 0.126 e. The van der Waals surface area contributed by atoms with E-state index in [1.165, 1.54) is 12.1 Å². The number of hydrogen-bond acceptors (Lipinski definition) is 2. The molecule has 2 nitrogen and oxygen atoms in total. The summed E-state index contributed by atoms with van der Waals surface area (Å²) >= 11 is 0. The van der Waals surface area contributed by atoms with Gasteiger partial charge in [0.1, 0.15) is 11.6 Å². The van der Waals surface area contributed by atoms with Gasteiger partial charge < -0.3 is 5.11 Å². The summed E-state index contributed by atoms with van der Waals surface area (Å²) in [6, 6.07) is 3.49. The largest absolute Gasteiger partial charge is 0.389 e. The Morgan fingerprint density at radius 3 is 2.12 bits per heavy atom. The van der Waals surface area contributed by atoms with Gasteiger partial charge in [0.25, 0.3) is 0 Å². The van der Waals surface area contributed by atoms with E-state index in [0.29, 0.717) is 25.2 Å². The summed E-state index contributed by atoms with van der Waals surface area (Å²) in [6.07, 6.45) is 0. The van der Waals surface area contributed by atoms with Gasteiger partial charge in [-0.05, 0) is 38.1 Å². The average Bonchev–Trinajstić information content (AvgIpc) is 2.12. The summed E-state index contributed by atoms with van der Waals surface area (Å²) in [5, 5.41) is 9.72. The Hall–Kier alpha value is -1.00. The van der Waals surface area contributed by atoms with Gasteiger partial charge >= 0.3 is 0 Å². The fraction of sp³-hybridized carbons (Fsp3) is 0.538. The molecule has 0 aliphatic rings. The molecular formula is C13H19F2NO. The van der Waals surface area contributed by atoms with Gasteiger partial charge in [0.2, 0.25) is 0 Å². The molecule has 1 aromatic rings. The Balaban J connectivity index is 2.73. The zero-order chi connectivity index (χ0) is 13.1. The number of aliphatic hydroxyl groups is 1. The lowest BCUT2D eigenvalue weighted by atomic mass is 10.1. The van der Waals surface area contributed by atoms with Crippen LogP contribution in [0.4, 0.5) is 8.78 Å². The quantitative estimate of drug-likeness (QED) is 0.859. The average molecular weight is 243 g/mol. The third-order valence-electron chi connectivity index (χ3n) is 2.39. The van der Waals surface area contributed by atoms with Crippen molar-refractivity contribution in [3.63, 3.8) is 0 Å². The molecule has 1 rings (SSSR count). The van der Waals surface area contributed by atoms with E-state index in [9.17, 15) is 13.9 Å². The van der Waals surface area contributed by atoms with Crippen molar-refractivity contribution in [2.24, 2.45) is 0 Å². The number of benzene rings is 1.